The first kappa shape index (κ1) is 11.6. The summed E-state index contributed by atoms with van der Waals surface area (Å²) >= 11 is 0. The van der Waals surface area contributed by atoms with Crippen molar-refractivity contribution in [3.63, 3.8) is 0 Å². The van der Waals surface area contributed by atoms with Gasteiger partial charge in [0, 0.05) is 24.6 Å². The quantitative estimate of drug-likeness (QED) is 0.901. The fourth-order valence-electron chi connectivity index (χ4n) is 2.51. The molecule has 94 valence electrons. The maximum atomic E-state index is 10.2. The van der Waals surface area contributed by atoms with Crippen molar-refractivity contribution in [3.05, 3.63) is 42.1 Å². The molecule has 0 aliphatic carbocycles. The number of pyridine rings is 1. The lowest BCUT2D eigenvalue weighted by Gasteiger charge is -2.15. The van der Waals surface area contributed by atoms with Gasteiger partial charge in [0.25, 0.3) is 0 Å². The molecule has 1 aliphatic rings. The van der Waals surface area contributed by atoms with Crippen LogP contribution in [-0.2, 0) is 4.74 Å². The highest BCUT2D eigenvalue weighted by atomic mass is 16.5. The van der Waals surface area contributed by atoms with E-state index in [9.17, 15) is 5.11 Å². The van der Waals surface area contributed by atoms with Gasteiger partial charge in [-0.05, 0) is 30.5 Å². The first-order valence-corrected chi connectivity index (χ1v) is 6.47. The van der Waals surface area contributed by atoms with Crippen LogP contribution in [0.4, 0.5) is 0 Å². The zero-order chi connectivity index (χ0) is 12.4. The Kier molecular flexibility index (Phi) is 3.26. The summed E-state index contributed by atoms with van der Waals surface area (Å²) in [6.07, 6.45) is 4.37. The van der Waals surface area contributed by atoms with Crippen LogP contribution >= 0.6 is 0 Å². The number of aliphatic hydroxyl groups excluding tert-OH is 1. The Morgan fingerprint density at radius 3 is 3.17 bits per heavy atom. The number of benzene rings is 1. The molecule has 18 heavy (non-hydrogen) atoms. The van der Waals surface area contributed by atoms with E-state index >= 15 is 0 Å². The standard InChI is InChI=1S/C15H17NO2/c17-15(10-13-4-2-8-18-13)12-6-5-11-3-1-7-16-14(11)9-12/h1,3,5-7,9,13,15,17H,2,4,8,10H2. The summed E-state index contributed by atoms with van der Waals surface area (Å²) in [6, 6.07) is 9.90. The largest absolute Gasteiger partial charge is 0.388 e. The Morgan fingerprint density at radius 1 is 1.39 bits per heavy atom. The lowest BCUT2D eigenvalue weighted by Crippen LogP contribution is -2.11. The molecule has 1 aromatic heterocycles. The predicted molar refractivity (Wildman–Crippen MR) is 70.3 cm³/mol. The van der Waals surface area contributed by atoms with Crippen LogP contribution < -0.4 is 0 Å². The number of hydrogen-bond acceptors (Lipinski definition) is 3. The maximum Gasteiger partial charge on any atom is 0.0815 e. The number of hydrogen-bond donors (Lipinski definition) is 1. The molecule has 2 unspecified atom stereocenters. The minimum Gasteiger partial charge on any atom is -0.388 e. The van der Waals surface area contributed by atoms with E-state index in [1.165, 1.54) is 0 Å². The average Bonchev–Trinajstić information content (AvgIpc) is 2.91. The summed E-state index contributed by atoms with van der Waals surface area (Å²) in [6.45, 7) is 0.830. The van der Waals surface area contributed by atoms with Gasteiger partial charge in [-0.1, -0.05) is 18.2 Å². The lowest BCUT2D eigenvalue weighted by molar-refractivity contribution is 0.0535. The van der Waals surface area contributed by atoms with Crippen LogP contribution in [-0.4, -0.2) is 22.8 Å². The van der Waals surface area contributed by atoms with Gasteiger partial charge in [0.1, 0.15) is 0 Å². The molecule has 0 saturated carbocycles. The lowest BCUT2D eigenvalue weighted by atomic mass is 10.0. The first-order chi connectivity index (χ1) is 8.83. The third-order valence-electron chi connectivity index (χ3n) is 3.52. The van der Waals surface area contributed by atoms with E-state index in [-0.39, 0.29) is 6.10 Å². The third kappa shape index (κ3) is 2.37. The van der Waals surface area contributed by atoms with Gasteiger partial charge in [-0.2, -0.15) is 0 Å². The van der Waals surface area contributed by atoms with Gasteiger partial charge in [-0.25, -0.2) is 0 Å². The van der Waals surface area contributed by atoms with E-state index in [2.05, 4.69) is 4.98 Å². The monoisotopic (exact) mass is 243 g/mol. The predicted octanol–water partition coefficient (Wildman–Crippen LogP) is 2.84. The van der Waals surface area contributed by atoms with Crippen molar-refractivity contribution >= 4 is 10.9 Å². The van der Waals surface area contributed by atoms with Crippen LogP contribution in [0, 0.1) is 0 Å². The number of aromatic nitrogens is 1. The van der Waals surface area contributed by atoms with Crippen molar-refractivity contribution < 1.29 is 9.84 Å². The Hall–Kier alpha value is -1.45. The van der Waals surface area contributed by atoms with Gasteiger partial charge in [0.15, 0.2) is 0 Å². The van der Waals surface area contributed by atoms with Crippen LogP contribution in [0.5, 0.6) is 0 Å². The van der Waals surface area contributed by atoms with Gasteiger partial charge in [-0.15, -0.1) is 0 Å². The average molecular weight is 243 g/mol. The van der Waals surface area contributed by atoms with Gasteiger partial charge in [-0.3, -0.25) is 4.98 Å². The van der Waals surface area contributed by atoms with Crippen LogP contribution in [0.25, 0.3) is 10.9 Å². The van der Waals surface area contributed by atoms with Crippen molar-refractivity contribution in [2.24, 2.45) is 0 Å². The fourth-order valence-corrected chi connectivity index (χ4v) is 2.51. The molecule has 0 radical (unpaired) electrons. The molecule has 0 bridgehead atoms. The molecule has 2 atom stereocenters. The van der Waals surface area contributed by atoms with E-state index in [0.717, 1.165) is 35.9 Å². The molecule has 2 aromatic rings. The summed E-state index contributed by atoms with van der Waals surface area (Å²) in [5.74, 6) is 0. The molecule has 2 heterocycles. The molecular weight excluding hydrogens is 226 g/mol. The van der Waals surface area contributed by atoms with Gasteiger partial charge in [0.05, 0.1) is 17.7 Å². The van der Waals surface area contributed by atoms with Crippen LogP contribution in [0.3, 0.4) is 0 Å². The van der Waals surface area contributed by atoms with E-state index in [0.29, 0.717) is 6.42 Å². The molecule has 1 N–H and O–H groups in total. The van der Waals surface area contributed by atoms with E-state index in [1.807, 2.05) is 30.3 Å². The summed E-state index contributed by atoms with van der Waals surface area (Å²) in [5.41, 5.74) is 1.86. The molecule has 1 fully saturated rings. The summed E-state index contributed by atoms with van der Waals surface area (Å²) in [5, 5.41) is 11.3. The normalized spacial score (nSPS) is 21.3. The van der Waals surface area contributed by atoms with Crippen LogP contribution in [0.1, 0.15) is 30.9 Å². The summed E-state index contributed by atoms with van der Waals surface area (Å²) in [4.78, 5) is 4.31. The zero-order valence-corrected chi connectivity index (χ0v) is 10.2. The Bertz CT molecular complexity index is 535. The Balaban J connectivity index is 1.80. The second-order valence-electron chi connectivity index (χ2n) is 4.84. The third-order valence-corrected chi connectivity index (χ3v) is 3.52. The summed E-state index contributed by atoms with van der Waals surface area (Å²) in [7, 11) is 0. The van der Waals surface area contributed by atoms with E-state index < -0.39 is 6.10 Å². The maximum absolute atomic E-state index is 10.2. The van der Waals surface area contributed by atoms with Crippen molar-refractivity contribution in [1.82, 2.24) is 4.98 Å². The van der Waals surface area contributed by atoms with E-state index in [1.54, 1.807) is 6.20 Å². The highest BCUT2D eigenvalue weighted by Crippen LogP contribution is 2.26. The minimum atomic E-state index is -0.459. The highest BCUT2D eigenvalue weighted by molar-refractivity contribution is 5.78. The first-order valence-electron chi connectivity index (χ1n) is 6.47. The number of nitrogens with zero attached hydrogens (tertiary/aromatic N) is 1. The smallest absolute Gasteiger partial charge is 0.0815 e. The van der Waals surface area contributed by atoms with E-state index in [4.69, 9.17) is 4.74 Å². The molecule has 1 aliphatic heterocycles. The fraction of sp³-hybridized carbons (Fsp3) is 0.400. The highest BCUT2D eigenvalue weighted by Gasteiger charge is 2.20. The van der Waals surface area contributed by atoms with Crippen LogP contribution in [0.15, 0.2) is 36.5 Å². The van der Waals surface area contributed by atoms with Gasteiger partial charge < -0.3 is 9.84 Å². The van der Waals surface area contributed by atoms with Crippen molar-refractivity contribution in [2.75, 3.05) is 6.61 Å². The minimum absolute atomic E-state index is 0.208. The van der Waals surface area contributed by atoms with Crippen molar-refractivity contribution in [3.8, 4) is 0 Å². The van der Waals surface area contributed by atoms with Crippen molar-refractivity contribution in [2.45, 2.75) is 31.5 Å². The van der Waals surface area contributed by atoms with Gasteiger partial charge in [0.2, 0.25) is 0 Å². The second-order valence-corrected chi connectivity index (χ2v) is 4.84. The Labute approximate surface area is 106 Å². The number of aliphatic hydroxyl groups is 1. The molecule has 0 amide bonds. The number of rotatable bonds is 3. The van der Waals surface area contributed by atoms with Crippen LogP contribution in [0.2, 0.25) is 0 Å². The molecule has 1 aromatic carbocycles. The number of ether oxygens (including phenoxy) is 1. The SMILES string of the molecule is OC(CC1CCCO1)c1ccc2cccnc2c1. The number of fused-ring (bicyclic) bond motifs is 1. The second kappa shape index (κ2) is 5.04. The topological polar surface area (TPSA) is 42.4 Å². The van der Waals surface area contributed by atoms with Crippen molar-refractivity contribution in [1.29, 1.82) is 0 Å². The molecular formula is C15H17NO2. The zero-order valence-electron chi connectivity index (χ0n) is 10.2. The molecule has 3 nitrogen and oxygen atoms in total. The van der Waals surface area contributed by atoms with Gasteiger partial charge >= 0.3 is 0 Å². The molecule has 3 rings (SSSR count). The molecule has 1 saturated heterocycles. The summed E-state index contributed by atoms with van der Waals surface area (Å²) < 4.78 is 5.56. The Morgan fingerprint density at radius 2 is 2.33 bits per heavy atom. The molecule has 3 heteroatoms. The molecule has 0 spiro atoms.